The van der Waals surface area contributed by atoms with Crippen LogP contribution in [0, 0.1) is 5.92 Å². The summed E-state index contributed by atoms with van der Waals surface area (Å²) in [6.45, 7) is 3.09. The second-order valence-electron chi connectivity index (χ2n) is 7.11. The zero-order chi connectivity index (χ0) is 17.7. The lowest BCUT2D eigenvalue weighted by Gasteiger charge is -2.40. The van der Waals surface area contributed by atoms with Crippen molar-refractivity contribution in [2.24, 2.45) is 5.92 Å². The summed E-state index contributed by atoms with van der Waals surface area (Å²) < 4.78 is 1.83. The van der Waals surface area contributed by atoms with Gasteiger partial charge in [-0.05, 0) is 0 Å². The molecule has 3 aliphatic heterocycles. The molecule has 3 saturated heterocycles. The second-order valence-corrected chi connectivity index (χ2v) is 7.11. The molecule has 1 atom stereocenters. The summed E-state index contributed by atoms with van der Waals surface area (Å²) in [4.78, 5) is 42.9. The van der Waals surface area contributed by atoms with E-state index >= 15 is 0 Å². The molecule has 1 aromatic rings. The molecule has 0 bridgehead atoms. The molecular formula is C16H22N6O3. The zero-order valence-corrected chi connectivity index (χ0v) is 14.5. The van der Waals surface area contributed by atoms with Crippen LogP contribution < -0.4 is 4.90 Å². The number of anilines is 1. The molecule has 0 aromatic carbocycles. The van der Waals surface area contributed by atoms with E-state index in [0.717, 1.165) is 5.69 Å². The molecule has 1 aromatic heterocycles. The van der Waals surface area contributed by atoms with Gasteiger partial charge in [0.15, 0.2) is 0 Å². The number of nitrogens with zero attached hydrogens (tertiary/aromatic N) is 6. The second kappa shape index (κ2) is 5.75. The Kier molecular flexibility index (Phi) is 3.66. The van der Waals surface area contributed by atoms with E-state index in [1.165, 1.54) is 0 Å². The molecular weight excluding hydrogens is 324 g/mol. The fraction of sp³-hybridized carbons (Fsp3) is 0.625. The van der Waals surface area contributed by atoms with Crippen molar-refractivity contribution in [2.75, 3.05) is 51.7 Å². The van der Waals surface area contributed by atoms with Crippen molar-refractivity contribution in [3.05, 3.63) is 12.4 Å². The van der Waals surface area contributed by atoms with Crippen LogP contribution in [-0.2, 0) is 9.59 Å². The lowest BCUT2D eigenvalue weighted by atomic mass is 10.0. The van der Waals surface area contributed by atoms with Crippen LogP contribution in [0.2, 0.25) is 0 Å². The van der Waals surface area contributed by atoms with E-state index in [9.17, 15) is 14.4 Å². The van der Waals surface area contributed by atoms with Gasteiger partial charge in [0.2, 0.25) is 11.8 Å². The van der Waals surface area contributed by atoms with Crippen molar-refractivity contribution in [2.45, 2.75) is 12.5 Å². The number of hydrogen-bond donors (Lipinski definition) is 0. The van der Waals surface area contributed by atoms with Gasteiger partial charge in [-0.2, -0.15) is 5.10 Å². The van der Waals surface area contributed by atoms with E-state index in [4.69, 9.17) is 0 Å². The van der Waals surface area contributed by atoms with E-state index in [0.29, 0.717) is 39.1 Å². The van der Waals surface area contributed by atoms with Crippen molar-refractivity contribution in [1.82, 2.24) is 24.5 Å². The van der Waals surface area contributed by atoms with Gasteiger partial charge in [0.05, 0.1) is 23.8 Å². The Labute approximate surface area is 145 Å². The van der Waals surface area contributed by atoms with Gasteiger partial charge in [0, 0.05) is 59.4 Å². The first-order valence-corrected chi connectivity index (χ1v) is 8.53. The van der Waals surface area contributed by atoms with Crippen molar-refractivity contribution in [3.8, 4) is 0 Å². The SMILES string of the molecule is CN1CC(C(=O)N2CC(n3cc(N4CCN(C)C4=O)cn3)C2)CC1=O. The number of urea groups is 1. The molecule has 0 spiro atoms. The number of likely N-dealkylation sites (tertiary alicyclic amines) is 2. The maximum absolute atomic E-state index is 12.4. The van der Waals surface area contributed by atoms with Crippen molar-refractivity contribution in [3.63, 3.8) is 0 Å². The van der Waals surface area contributed by atoms with E-state index in [2.05, 4.69) is 5.10 Å². The monoisotopic (exact) mass is 346 g/mol. The minimum atomic E-state index is -0.218. The van der Waals surface area contributed by atoms with Crippen LogP contribution in [0.5, 0.6) is 0 Å². The molecule has 25 heavy (non-hydrogen) atoms. The third-order valence-electron chi connectivity index (χ3n) is 5.35. The average molecular weight is 346 g/mol. The summed E-state index contributed by atoms with van der Waals surface area (Å²) in [5.74, 6) is -0.130. The number of amides is 4. The van der Waals surface area contributed by atoms with E-state index < -0.39 is 0 Å². The van der Waals surface area contributed by atoms with Crippen LogP contribution >= 0.6 is 0 Å². The zero-order valence-electron chi connectivity index (χ0n) is 14.5. The van der Waals surface area contributed by atoms with Crippen LogP contribution in [0.4, 0.5) is 10.5 Å². The fourth-order valence-corrected chi connectivity index (χ4v) is 3.64. The summed E-state index contributed by atoms with van der Waals surface area (Å²) >= 11 is 0. The quantitative estimate of drug-likeness (QED) is 0.747. The normalized spacial score (nSPS) is 24.5. The highest BCUT2D eigenvalue weighted by Crippen LogP contribution is 2.28. The van der Waals surface area contributed by atoms with Crippen molar-refractivity contribution in [1.29, 1.82) is 0 Å². The van der Waals surface area contributed by atoms with Gasteiger partial charge >= 0.3 is 6.03 Å². The summed E-state index contributed by atoms with van der Waals surface area (Å²) in [6.07, 6.45) is 3.88. The Morgan fingerprint density at radius 1 is 1.12 bits per heavy atom. The molecule has 4 amide bonds. The van der Waals surface area contributed by atoms with Crippen molar-refractivity contribution >= 4 is 23.5 Å². The summed E-state index contributed by atoms with van der Waals surface area (Å²) in [5.41, 5.74) is 0.794. The van der Waals surface area contributed by atoms with Crippen LogP contribution in [0.25, 0.3) is 0 Å². The Bertz CT molecular complexity index is 725. The van der Waals surface area contributed by atoms with Crippen molar-refractivity contribution < 1.29 is 14.4 Å². The minimum Gasteiger partial charge on any atom is -0.345 e. The van der Waals surface area contributed by atoms with Gasteiger partial charge in [-0.1, -0.05) is 0 Å². The summed E-state index contributed by atoms with van der Waals surface area (Å²) in [6, 6.07) is 0.114. The first-order valence-electron chi connectivity index (χ1n) is 8.53. The molecule has 0 aliphatic carbocycles. The van der Waals surface area contributed by atoms with Gasteiger partial charge in [-0.15, -0.1) is 0 Å². The van der Waals surface area contributed by atoms with Crippen LogP contribution in [0.3, 0.4) is 0 Å². The maximum Gasteiger partial charge on any atom is 0.324 e. The highest BCUT2D eigenvalue weighted by molar-refractivity contribution is 5.93. The highest BCUT2D eigenvalue weighted by Gasteiger charge is 2.40. The van der Waals surface area contributed by atoms with Gasteiger partial charge < -0.3 is 14.7 Å². The standard InChI is InChI=1S/C16H22N6O3/c1-18-3-4-21(16(18)25)12-6-17-22(10-12)13-8-20(9-13)15(24)11-5-14(23)19(2)7-11/h6,10-11,13H,3-5,7-9H2,1-2H3. The molecule has 3 aliphatic rings. The maximum atomic E-state index is 12.4. The number of carbonyl (C=O) groups excluding carboxylic acids is 3. The molecule has 134 valence electrons. The largest absolute Gasteiger partial charge is 0.345 e. The van der Waals surface area contributed by atoms with Gasteiger partial charge in [-0.25, -0.2) is 4.79 Å². The average Bonchev–Trinajstić information content (AvgIpc) is 3.21. The van der Waals surface area contributed by atoms with E-state index in [1.807, 2.05) is 10.9 Å². The van der Waals surface area contributed by atoms with E-state index in [1.54, 1.807) is 39.9 Å². The molecule has 9 heteroatoms. The number of hydrogen-bond acceptors (Lipinski definition) is 4. The first kappa shape index (κ1) is 15.9. The predicted octanol–water partition coefficient (Wildman–Crippen LogP) is -0.383. The molecule has 1 unspecified atom stereocenters. The van der Waals surface area contributed by atoms with Crippen LogP contribution in [0.1, 0.15) is 12.5 Å². The Balaban J connectivity index is 1.35. The first-order chi connectivity index (χ1) is 11.9. The topological polar surface area (TPSA) is 82.0 Å². The molecule has 9 nitrogen and oxygen atoms in total. The minimum absolute atomic E-state index is 0.0139. The summed E-state index contributed by atoms with van der Waals surface area (Å²) in [5, 5.41) is 4.36. The number of likely N-dealkylation sites (N-methyl/N-ethyl adjacent to an activating group) is 1. The van der Waals surface area contributed by atoms with Gasteiger partial charge in [0.1, 0.15) is 0 Å². The van der Waals surface area contributed by atoms with Gasteiger partial charge in [-0.3, -0.25) is 19.2 Å². The van der Waals surface area contributed by atoms with Crippen LogP contribution in [0.15, 0.2) is 12.4 Å². The van der Waals surface area contributed by atoms with Crippen LogP contribution in [-0.4, -0.2) is 89.1 Å². The molecule has 3 fully saturated rings. The highest BCUT2D eigenvalue weighted by atomic mass is 16.2. The molecule has 0 saturated carbocycles. The number of carbonyl (C=O) groups is 3. The third-order valence-corrected chi connectivity index (χ3v) is 5.35. The third kappa shape index (κ3) is 2.63. The smallest absolute Gasteiger partial charge is 0.324 e. The van der Waals surface area contributed by atoms with E-state index in [-0.39, 0.29) is 29.8 Å². The Morgan fingerprint density at radius 2 is 1.88 bits per heavy atom. The lowest BCUT2D eigenvalue weighted by molar-refractivity contribution is -0.141. The fourth-order valence-electron chi connectivity index (χ4n) is 3.64. The number of rotatable bonds is 3. The van der Waals surface area contributed by atoms with Gasteiger partial charge in [0.25, 0.3) is 0 Å². The molecule has 0 N–H and O–H groups in total. The summed E-state index contributed by atoms with van der Waals surface area (Å²) in [7, 11) is 3.52. The lowest BCUT2D eigenvalue weighted by Crippen LogP contribution is -2.53. The Hall–Kier alpha value is -2.58. The Morgan fingerprint density at radius 3 is 2.48 bits per heavy atom. The number of aromatic nitrogens is 2. The predicted molar refractivity (Wildman–Crippen MR) is 89.0 cm³/mol. The molecule has 4 heterocycles. The molecule has 0 radical (unpaired) electrons. The molecule has 4 rings (SSSR count).